The molecule has 2 aromatic carbocycles. The summed E-state index contributed by atoms with van der Waals surface area (Å²) in [6.07, 6.45) is 2.56. The maximum Gasteiger partial charge on any atom is 0.191 e. The van der Waals surface area contributed by atoms with Gasteiger partial charge in [0.2, 0.25) is 0 Å². The molecule has 150 valence electrons. The number of benzene rings is 2. The summed E-state index contributed by atoms with van der Waals surface area (Å²) in [5.41, 5.74) is 2.11. The van der Waals surface area contributed by atoms with Crippen molar-refractivity contribution in [3.8, 4) is 17.2 Å². The molecular formula is C22H29N3O3. The summed E-state index contributed by atoms with van der Waals surface area (Å²) in [4.78, 5) is 4.31. The highest BCUT2D eigenvalue weighted by atomic mass is 16.5. The van der Waals surface area contributed by atoms with Crippen LogP contribution in [0.15, 0.2) is 47.5 Å². The second kappa shape index (κ2) is 9.88. The van der Waals surface area contributed by atoms with Crippen LogP contribution in [0.25, 0.3) is 0 Å². The van der Waals surface area contributed by atoms with Gasteiger partial charge in [-0.25, -0.2) is 0 Å². The summed E-state index contributed by atoms with van der Waals surface area (Å²) in [6.45, 7) is 2.01. The summed E-state index contributed by atoms with van der Waals surface area (Å²) in [7, 11) is 5.04. The summed E-state index contributed by atoms with van der Waals surface area (Å²) in [5.74, 6) is 3.82. The summed E-state index contributed by atoms with van der Waals surface area (Å²) >= 11 is 0. The Bertz CT molecular complexity index is 803. The molecule has 0 radical (unpaired) electrons. The van der Waals surface area contributed by atoms with Crippen LogP contribution in [0.1, 0.15) is 24.0 Å². The van der Waals surface area contributed by atoms with Gasteiger partial charge in [-0.15, -0.1) is 0 Å². The van der Waals surface area contributed by atoms with E-state index in [9.17, 15) is 0 Å². The Hall–Kier alpha value is -2.89. The standard InChI is InChI=1S/C22H29N3O3/c1-23-22(25-14-18-8-6-10-20(26-2)21(18)27-3)24-13-17-7-4-5-9-19(17)28-15-16-11-12-16/h4-10,16H,11-15H2,1-3H3,(H2,23,24,25). The Kier molecular flexibility index (Phi) is 7.00. The monoisotopic (exact) mass is 383 g/mol. The molecule has 6 nitrogen and oxygen atoms in total. The molecule has 0 spiro atoms. The van der Waals surface area contributed by atoms with Gasteiger partial charge in [-0.1, -0.05) is 30.3 Å². The third kappa shape index (κ3) is 5.31. The van der Waals surface area contributed by atoms with E-state index < -0.39 is 0 Å². The maximum atomic E-state index is 5.98. The smallest absolute Gasteiger partial charge is 0.191 e. The minimum Gasteiger partial charge on any atom is -0.493 e. The van der Waals surface area contributed by atoms with Gasteiger partial charge in [0.15, 0.2) is 17.5 Å². The number of nitrogens with one attached hydrogen (secondary N) is 2. The van der Waals surface area contributed by atoms with Gasteiger partial charge in [-0.3, -0.25) is 4.99 Å². The molecule has 6 heteroatoms. The number of para-hydroxylation sites is 2. The molecule has 0 aromatic heterocycles. The van der Waals surface area contributed by atoms with Crippen molar-refractivity contribution in [3.05, 3.63) is 53.6 Å². The van der Waals surface area contributed by atoms with E-state index >= 15 is 0 Å². The highest BCUT2D eigenvalue weighted by Gasteiger charge is 2.22. The zero-order valence-electron chi connectivity index (χ0n) is 16.8. The number of guanidine groups is 1. The third-order valence-corrected chi connectivity index (χ3v) is 4.74. The van der Waals surface area contributed by atoms with Crippen LogP contribution in [0.4, 0.5) is 0 Å². The lowest BCUT2D eigenvalue weighted by atomic mass is 10.2. The van der Waals surface area contributed by atoms with Gasteiger partial charge in [-0.05, 0) is 30.9 Å². The van der Waals surface area contributed by atoms with E-state index in [2.05, 4.69) is 21.7 Å². The second-order valence-electron chi connectivity index (χ2n) is 6.79. The third-order valence-electron chi connectivity index (χ3n) is 4.74. The fourth-order valence-electron chi connectivity index (χ4n) is 2.95. The number of hydrogen-bond acceptors (Lipinski definition) is 4. The molecule has 1 fully saturated rings. The Morgan fingerprint density at radius 1 is 0.929 bits per heavy atom. The minimum atomic E-state index is 0.569. The average Bonchev–Trinajstić information content (AvgIpc) is 3.57. The topological polar surface area (TPSA) is 64.1 Å². The van der Waals surface area contributed by atoms with Gasteiger partial charge >= 0.3 is 0 Å². The SMILES string of the molecule is CN=C(NCc1ccccc1OCC1CC1)NCc1cccc(OC)c1OC. The van der Waals surface area contributed by atoms with Gasteiger partial charge in [0, 0.05) is 31.3 Å². The van der Waals surface area contributed by atoms with Crippen LogP contribution in [0, 0.1) is 5.92 Å². The second-order valence-corrected chi connectivity index (χ2v) is 6.79. The normalized spacial score (nSPS) is 13.8. The zero-order valence-corrected chi connectivity index (χ0v) is 16.8. The van der Waals surface area contributed by atoms with Crippen molar-refractivity contribution in [1.29, 1.82) is 0 Å². The molecule has 1 aliphatic carbocycles. The Labute approximate surface area is 166 Å². The number of hydrogen-bond donors (Lipinski definition) is 2. The van der Waals surface area contributed by atoms with E-state index in [0.717, 1.165) is 35.2 Å². The molecule has 0 amide bonds. The first-order valence-electron chi connectivity index (χ1n) is 9.60. The highest BCUT2D eigenvalue weighted by Crippen LogP contribution is 2.31. The molecule has 0 atom stereocenters. The van der Waals surface area contributed by atoms with Crippen LogP contribution in [-0.2, 0) is 13.1 Å². The summed E-state index contributed by atoms with van der Waals surface area (Å²) in [5, 5.41) is 6.68. The summed E-state index contributed by atoms with van der Waals surface area (Å²) in [6, 6.07) is 14.0. The maximum absolute atomic E-state index is 5.98. The zero-order chi connectivity index (χ0) is 19.8. The highest BCUT2D eigenvalue weighted by molar-refractivity contribution is 5.79. The van der Waals surface area contributed by atoms with E-state index in [-0.39, 0.29) is 0 Å². The molecule has 1 saturated carbocycles. The van der Waals surface area contributed by atoms with Crippen LogP contribution >= 0.6 is 0 Å². The van der Waals surface area contributed by atoms with Gasteiger partial charge in [-0.2, -0.15) is 0 Å². The molecule has 1 aliphatic rings. The van der Waals surface area contributed by atoms with Crippen molar-refractivity contribution in [2.75, 3.05) is 27.9 Å². The lowest BCUT2D eigenvalue weighted by Crippen LogP contribution is -2.36. The minimum absolute atomic E-state index is 0.569. The Morgan fingerprint density at radius 2 is 1.61 bits per heavy atom. The number of rotatable bonds is 9. The van der Waals surface area contributed by atoms with Crippen LogP contribution in [0.5, 0.6) is 17.2 Å². The molecule has 2 N–H and O–H groups in total. The van der Waals surface area contributed by atoms with Gasteiger partial charge in [0.1, 0.15) is 5.75 Å². The number of ether oxygens (including phenoxy) is 3. The Morgan fingerprint density at radius 3 is 2.29 bits per heavy atom. The summed E-state index contributed by atoms with van der Waals surface area (Å²) < 4.78 is 16.8. The molecule has 0 heterocycles. The predicted molar refractivity (Wildman–Crippen MR) is 111 cm³/mol. The van der Waals surface area contributed by atoms with Crippen molar-refractivity contribution in [1.82, 2.24) is 10.6 Å². The van der Waals surface area contributed by atoms with Crippen molar-refractivity contribution >= 4 is 5.96 Å². The lowest BCUT2D eigenvalue weighted by molar-refractivity contribution is 0.296. The number of nitrogens with zero attached hydrogens (tertiary/aromatic N) is 1. The number of aliphatic imine (C=N–C) groups is 1. The Balaban J connectivity index is 1.57. The first kappa shape index (κ1) is 19.9. The predicted octanol–water partition coefficient (Wildman–Crippen LogP) is 3.36. The van der Waals surface area contributed by atoms with E-state index in [1.807, 2.05) is 36.4 Å². The first-order valence-corrected chi connectivity index (χ1v) is 9.60. The number of methoxy groups -OCH3 is 2. The lowest BCUT2D eigenvalue weighted by Gasteiger charge is -2.16. The van der Waals surface area contributed by atoms with E-state index in [0.29, 0.717) is 24.8 Å². The van der Waals surface area contributed by atoms with E-state index in [1.165, 1.54) is 12.8 Å². The van der Waals surface area contributed by atoms with Crippen LogP contribution in [-0.4, -0.2) is 33.8 Å². The van der Waals surface area contributed by atoms with Crippen molar-refractivity contribution in [3.63, 3.8) is 0 Å². The van der Waals surface area contributed by atoms with Crippen LogP contribution < -0.4 is 24.8 Å². The molecule has 0 bridgehead atoms. The van der Waals surface area contributed by atoms with Gasteiger partial charge in [0.25, 0.3) is 0 Å². The molecular weight excluding hydrogens is 354 g/mol. The van der Waals surface area contributed by atoms with Crippen molar-refractivity contribution in [2.24, 2.45) is 10.9 Å². The molecule has 0 aliphatic heterocycles. The average molecular weight is 383 g/mol. The largest absolute Gasteiger partial charge is 0.493 e. The van der Waals surface area contributed by atoms with Crippen molar-refractivity contribution < 1.29 is 14.2 Å². The molecule has 28 heavy (non-hydrogen) atoms. The molecule has 0 unspecified atom stereocenters. The molecule has 2 aromatic rings. The fraction of sp³-hybridized carbons (Fsp3) is 0.409. The molecule has 0 saturated heterocycles. The fourth-order valence-corrected chi connectivity index (χ4v) is 2.95. The van der Waals surface area contributed by atoms with Gasteiger partial charge in [0.05, 0.1) is 20.8 Å². The van der Waals surface area contributed by atoms with Crippen molar-refractivity contribution in [2.45, 2.75) is 25.9 Å². The van der Waals surface area contributed by atoms with Gasteiger partial charge < -0.3 is 24.8 Å². The van der Waals surface area contributed by atoms with E-state index in [4.69, 9.17) is 14.2 Å². The molecule has 3 rings (SSSR count). The van der Waals surface area contributed by atoms with Crippen LogP contribution in [0.2, 0.25) is 0 Å². The first-order chi connectivity index (χ1) is 13.7. The van der Waals surface area contributed by atoms with E-state index in [1.54, 1.807) is 21.3 Å². The quantitative estimate of drug-likeness (QED) is 0.514. The van der Waals surface area contributed by atoms with Crippen LogP contribution in [0.3, 0.4) is 0 Å².